The number of hydrogen-bond acceptors (Lipinski definition) is 3. The molecule has 94 valence electrons. The summed E-state index contributed by atoms with van der Waals surface area (Å²) in [6.45, 7) is 7.27. The maximum atomic E-state index is 5.92. The zero-order valence-electron chi connectivity index (χ0n) is 11.1. The van der Waals surface area contributed by atoms with Gasteiger partial charge >= 0.3 is 0 Å². The molecule has 3 heteroatoms. The first-order valence-electron chi connectivity index (χ1n) is 6.36. The maximum absolute atomic E-state index is 5.92. The van der Waals surface area contributed by atoms with Crippen LogP contribution in [0.2, 0.25) is 0 Å². The minimum atomic E-state index is 0.428. The number of nitrogens with two attached hydrogens (primary N) is 1. The molecule has 17 heavy (non-hydrogen) atoms. The molecular weight excluding hydrogens is 210 g/mol. The zero-order valence-corrected chi connectivity index (χ0v) is 11.1. The molecule has 1 saturated heterocycles. The van der Waals surface area contributed by atoms with Crippen molar-refractivity contribution in [1.82, 2.24) is 4.90 Å². The third kappa shape index (κ3) is 2.45. The molecule has 0 amide bonds. The Morgan fingerprint density at radius 3 is 2.65 bits per heavy atom. The van der Waals surface area contributed by atoms with Crippen molar-refractivity contribution in [2.75, 3.05) is 31.6 Å². The van der Waals surface area contributed by atoms with Crippen LogP contribution in [-0.4, -0.2) is 43.7 Å². The second kappa shape index (κ2) is 5.07. The maximum Gasteiger partial charge on any atom is 0.0540 e. The fourth-order valence-electron chi connectivity index (χ4n) is 2.57. The van der Waals surface area contributed by atoms with Crippen molar-refractivity contribution in [3.8, 4) is 0 Å². The van der Waals surface area contributed by atoms with E-state index in [4.69, 9.17) is 5.73 Å². The Labute approximate surface area is 104 Å². The molecule has 1 aliphatic rings. The Morgan fingerprint density at radius 1 is 1.29 bits per heavy atom. The first-order chi connectivity index (χ1) is 8.13. The van der Waals surface area contributed by atoms with Gasteiger partial charge in [-0.25, -0.2) is 0 Å². The first kappa shape index (κ1) is 12.4. The minimum Gasteiger partial charge on any atom is -0.364 e. The predicted octanol–water partition coefficient (Wildman–Crippen LogP) is 1.46. The van der Waals surface area contributed by atoms with Crippen LogP contribution in [0.4, 0.5) is 5.69 Å². The molecule has 1 aliphatic heterocycles. The lowest BCUT2D eigenvalue weighted by Gasteiger charge is -2.45. The molecule has 2 rings (SSSR count). The third-order valence-electron chi connectivity index (χ3n) is 3.85. The first-order valence-corrected chi connectivity index (χ1v) is 6.36. The average Bonchev–Trinajstić information content (AvgIpc) is 2.33. The number of benzene rings is 1. The van der Waals surface area contributed by atoms with Gasteiger partial charge in [-0.1, -0.05) is 18.2 Å². The smallest absolute Gasteiger partial charge is 0.0540 e. The van der Waals surface area contributed by atoms with Crippen LogP contribution in [0.3, 0.4) is 0 Å². The SMILES string of the molecule is Cc1ccccc1N1CC(C)N(C)CC1CN. The lowest BCUT2D eigenvalue weighted by molar-refractivity contribution is 0.202. The van der Waals surface area contributed by atoms with Crippen LogP contribution in [0.5, 0.6) is 0 Å². The van der Waals surface area contributed by atoms with E-state index in [1.807, 2.05) is 0 Å². The Balaban J connectivity index is 2.27. The summed E-state index contributed by atoms with van der Waals surface area (Å²) in [6, 6.07) is 9.59. The number of aryl methyl sites for hydroxylation is 1. The van der Waals surface area contributed by atoms with Crippen molar-refractivity contribution in [2.45, 2.75) is 25.9 Å². The molecule has 1 heterocycles. The number of likely N-dealkylation sites (N-methyl/N-ethyl adjacent to an activating group) is 1. The summed E-state index contributed by atoms with van der Waals surface area (Å²) < 4.78 is 0. The molecule has 2 atom stereocenters. The third-order valence-corrected chi connectivity index (χ3v) is 3.85. The topological polar surface area (TPSA) is 32.5 Å². The minimum absolute atomic E-state index is 0.428. The predicted molar refractivity (Wildman–Crippen MR) is 73.5 cm³/mol. The standard InChI is InChI=1S/C14H23N3/c1-11-6-4-5-7-14(11)17-9-12(2)16(3)10-13(17)8-15/h4-7,12-13H,8-10,15H2,1-3H3. The fourth-order valence-corrected chi connectivity index (χ4v) is 2.57. The summed E-state index contributed by atoms with van der Waals surface area (Å²) >= 11 is 0. The molecule has 2 N–H and O–H groups in total. The quantitative estimate of drug-likeness (QED) is 0.839. The Kier molecular flexibility index (Phi) is 3.69. The van der Waals surface area contributed by atoms with Gasteiger partial charge in [-0.05, 0) is 32.5 Å². The molecule has 1 aromatic carbocycles. The summed E-state index contributed by atoms with van der Waals surface area (Å²) in [7, 11) is 2.18. The number of anilines is 1. The van der Waals surface area contributed by atoms with Gasteiger partial charge in [0.25, 0.3) is 0 Å². The van der Waals surface area contributed by atoms with Crippen molar-refractivity contribution >= 4 is 5.69 Å². The van der Waals surface area contributed by atoms with Crippen LogP contribution < -0.4 is 10.6 Å². The number of hydrogen-bond donors (Lipinski definition) is 1. The van der Waals surface area contributed by atoms with Crippen LogP contribution in [0.15, 0.2) is 24.3 Å². The van der Waals surface area contributed by atoms with Gasteiger partial charge in [0, 0.05) is 31.4 Å². The highest BCUT2D eigenvalue weighted by atomic mass is 15.3. The van der Waals surface area contributed by atoms with E-state index in [1.54, 1.807) is 0 Å². The summed E-state index contributed by atoms with van der Waals surface area (Å²) in [4.78, 5) is 4.87. The van der Waals surface area contributed by atoms with Crippen molar-refractivity contribution in [2.24, 2.45) is 5.73 Å². The summed E-state index contributed by atoms with van der Waals surface area (Å²) in [5.41, 5.74) is 8.59. The molecule has 1 fully saturated rings. The summed E-state index contributed by atoms with van der Waals surface area (Å²) in [6.07, 6.45) is 0. The Bertz CT molecular complexity index is 377. The highest BCUT2D eigenvalue weighted by Gasteiger charge is 2.29. The second-order valence-electron chi connectivity index (χ2n) is 5.12. The van der Waals surface area contributed by atoms with Gasteiger partial charge in [0.05, 0.1) is 6.04 Å². The van der Waals surface area contributed by atoms with Crippen molar-refractivity contribution < 1.29 is 0 Å². The monoisotopic (exact) mass is 233 g/mol. The van der Waals surface area contributed by atoms with Crippen LogP contribution in [0.1, 0.15) is 12.5 Å². The number of piperazine rings is 1. The molecule has 0 aromatic heterocycles. The van der Waals surface area contributed by atoms with Crippen LogP contribution >= 0.6 is 0 Å². The largest absolute Gasteiger partial charge is 0.364 e. The van der Waals surface area contributed by atoms with E-state index < -0.39 is 0 Å². The van der Waals surface area contributed by atoms with Gasteiger partial charge in [-0.2, -0.15) is 0 Å². The zero-order chi connectivity index (χ0) is 12.4. The van der Waals surface area contributed by atoms with Crippen molar-refractivity contribution in [3.63, 3.8) is 0 Å². The van der Waals surface area contributed by atoms with Gasteiger partial charge in [0.15, 0.2) is 0 Å². The van der Waals surface area contributed by atoms with E-state index in [0.717, 1.165) is 13.1 Å². The fraction of sp³-hybridized carbons (Fsp3) is 0.571. The van der Waals surface area contributed by atoms with E-state index in [-0.39, 0.29) is 0 Å². The Morgan fingerprint density at radius 2 is 2.00 bits per heavy atom. The summed E-state index contributed by atoms with van der Waals surface area (Å²) in [5.74, 6) is 0. The molecular formula is C14H23N3. The lowest BCUT2D eigenvalue weighted by Crippen LogP contribution is -2.58. The normalized spacial score (nSPS) is 26.2. The van der Waals surface area contributed by atoms with E-state index in [0.29, 0.717) is 18.6 Å². The van der Waals surface area contributed by atoms with E-state index in [2.05, 4.69) is 55.0 Å². The highest BCUT2D eigenvalue weighted by Crippen LogP contribution is 2.25. The van der Waals surface area contributed by atoms with Gasteiger partial charge < -0.3 is 10.6 Å². The number of para-hydroxylation sites is 1. The Hall–Kier alpha value is -1.06. The second-order valence-corrected chi connectivity index (χ2v) is 5.12. The molecule has 3 nitrogen and oxygen atoms in total. The number of nitrogens with zero attached hydrogens (tertiary/aromatic N) is 2. The molecule has 1 aromatic rings. The highest BCUT2D eigenvalue weighted by molar-refractivity contribution is 5.54. The van der Waals surface area contributed by atoms with E-state index in [9.17, 15) is 0 Å². The van der Waals surface area contributed by atoms with Crippen LogP contribution in [0.25, 0.3) is 0 Å². The van der Waals surface area contributed by atoms with Gasteiger partial charge in [0.2, 0.25) is 0 Å². The molecule has 0 saturated carbocycles. The van der Waals surface area contributed by atoms with Crippen LogP contribution in [0, 0.1) is 6.92 Å². The van der Waals surface area contributed by atoms with Crippen molar-refractivity contribution in [3.05, 3.63) is 29.8 Å². The molecule has 0 spiro atoms. The molecule has 0 radical (unpaired) electrons. The molecule has 0 bridgehead atoms. The summed E-state index contributed by atoms with van der Waals surface area (Å²) in [5, 5.41) is 0. The van der Waals surface area contributed by atoms with Crippen molar-refractivity contribution in [1.29, 1.82) is 0 Å². The number of rotatable bonds is 2. The molecule has 0 aliphatic carbocycles. The van der Waals surface area contributed by atoms with Crippen LogP contribution in [-0.2, 0) is 0 Å². The average molecular weight is 233 g/mol. The molecule has 2 unspecified atom stereocenters. The lowest BCUT2D eigenvalue weighted by atomic mass is 10.0. The van der Waals surface area contributed by atoms with Gasteiger partial charge in [-0.15, -0.1) is 0 Å². The van der Waals surface area contributed by atoms with E-state index >= 15 is 0 Å². The van der Waals surface area contributed by atoms with E-state index in [1.165, 1.54) is 11.3 Å². The van der Waals surface area contributed by atoms with Gasteiger partial charge in [-0.3, -0.25) is 4.90 Å². The van der Waals surface area contributed by atoms with Gasteiger partial charge in [0.1, 0.15) is 0 Å².